The van der Waals surface area contributed by atoms with E-state index >= 15 is 0 Å². The van der Waals surface area contributed by atoms with Crippen molar-refractivity contribution < 1.29 is 5.11 Å². The van der Waals surface area contributed by atoms with Gasteiger partial charge in [0.25, 0.3) is 0 Å². The van der Waals surface area contributed by atoms with E-state index in [0.717, 1.165) is 10.6 Å². The molecule has 2 N–H and O–H groups in total. The van der Waals surface area contributed by atoms with Gasteiger partial charge >= 0.3 is 0 Å². The molecule has 1 heterocycles. The van der Waals surface area contributed by atoms with Gasteiger partial charge in [-0.05, 0) is 11.8 Å². The van der Waals surface area contributed by atoms with Crippen LogP contribution in [0.1, 0.15) is 11.7 Å². The van der Waals surface area contributed by atoms with Crippen molar-refractivity contribution in [3.8, 4) is 0 Å². The van der Waals surface area contributed by atoms with Gasteiger partial charge in [-0.2, -0.15) is 0 Å². The lowest BCUT2D eigenvalue weighted by atomic mass is 10.1. The third kappa shape index (κ3) is 3.45. The first-order valence-electron chi connectivity index (χ1n) is 5.62. The minimum atomic E-state index is -0.550. The van der Waals surface area contributed by atoms with E-state index in [2.05, 4.69) is 15.3 Å². The molecule has 1 aromatic carbocycles. The number of rotatable bonds is 5. The zero-order valence-corrected chi connectivity index (χ0v) is 10.9. The van der Waals surface area contributed by atoms with Crippen LogP contribution in [-0.4, -0.2) is 27.9 Å². The van der Waals surface area contributed by atoms with E-state index in [1.54, 1.807) is 12.4 Å². The fraction of sp³-hybridized carbons (Fsp3) is 0.231. The number of aliphatic hydroxyl groups excluding tert-OH is 1. The van der Waals surface area contributed by atoms with E-state index in [1.807, 2.05) is 36.6 Å². The predicted octanol–water partition coefficient (Wildman–Crippen LogP) is 2.34. The molecule has 0 amide bonds. The monoisotopic (exact) mass is 261 g/mol. The fourth-order valence-electron chi connectivity index (χ4n) is 1.53. The van der Waals surface area contributed by atoms with E-state index in [9.17, 15) is 5.11 Å². The van der Waals surface area contributed by atoms with Crippen LogP contribution in [0, 0.1) is 0 Å². The normalized spacial score (nSPS) is 12.1. The summed E-state index contributed by atoms with van der Waals surface area (Å²) in [5.41, 5.74) is 0.888. The van der Waals surface area contributed by atoms with Gasteiger partial charge in [0.1, 0.15) is 10.8 Å². The minimum absolute atomic E-state index is 0.413. The van der Waals surface area contributed by atoms with Crippen LogP contribution >= 0.6 is 11.8 Å². The molecular formula is C13H15N3OS. The molecular weight excluding hydrogens is 246 g/mol. The Labute approximate surface area is 110 Å². The summed E-state index contributed by atoms with van der Waals surface area (Å²) < 4.78 is 0. The van der Waals surface area contributed by atoms with Crippen LogP contribution in [0.25, 0.3) is 0 Å². The summed E-state index contributed by atoms with van der Waals surface area (Å²) >= 11 is 1.54. The maximum Gasteiger partial charge on any atom is 0.145 e. The quantitative estimate of drug-likeness (QED) is 0.809. The molecule has 0 radical (unpaired) electrons. The Morgan fingerprint density at radius 3 is 2.78 bits per heavy atom. The molecule has 94 valence electrons. The number of hydrogen-bond donors (Lipinski definition) is 2. The van der Waals surface area contributed by atoms with Crippen molar-refractivity contribution in [3.63, 3.8) is 0 Å². The number of thioether (sulfide) groups is 1. The van der Waals surface area contributed by atoms with Crippen molar-refractivity contribution in [2.45, 2.75) is 11.1 Å². The third-order valence-corrected chi connectivity index (χ3v) is 3.10. The first kappa shape index (κ1) is 12.9. The zero-order chi connectivity index (χ0) is 12.8. The van der Waals surface area contributed by atoms with Crippen LogP contribution in [0.2, 0.25) is 0 Å². The smallest absolute Gasteiger partial charge is 0.145 e. The molecule has 0 saturated carbocycles. The topological polar surface area (TPSA) is 58.0 Å². The highest BCUT2D eigenvalue weighted by atomic mass is 32.2. The lowest BCUT2D eigenvalue weighted by molar-refractivity contribution is 0.191. The Morgan fingerprint density at radius 1 is 1.28 bits per heavy atom. The number of anilines is 1. The first-order chi connectivity index (χ1) is 8.79. The SMILES string of the molecule is CSc1cncc(NCC(O)c2ccccc2)n1. The summed E-state index contributed by atoms with van der Waals surface area (Å²) in [7, 11) is 0. The molecule has 2 aromatic rings. The summed E-state index contributed by atoms with van der Waals surface area (Å²) in [4.78, 5) is 8.41. The molecule has 18 heavy (non-hydrogen) atoms. The summed E-state index contributed by atoms with van der Waals surface area (Å²) in [6.45, 7) is 0.413. The molecule has 0 aliphatic rings. The van der Waals surface area contributed by atoms with Gasteiger partial charge in [0.05, 0.1) is 18.5 Å². The third-order valence-electron chi connectivity index (χ3n) is 2.48. The fourth-order valence-corrected chi connectivity index (χ4v) is 1.88. The van der Waals surface area contributed by atoms with E-state index < -0.39 is 6.10 Å². The number of aromatic nitrogens is 2. The number of nitrogens with one attached hydrogen (secondary N) is 1. The van der Waals surface area contributed by atoms with Crippen LogP contribution in [-0.2, 0) is 0 Å². The average molecular weight is 261 g/mol. The summed E-state index contributed by atoms with van der Waals surface area (Å²) in [5.74, 6) is 0.678. The number of aliphatic hydroxyl groups is 1. The standard InChI is InChI=1S/C13H15N3OS/c1-18-13-9-14-8-12(16-13)15-7-11(17)10-5-3-2-4-6-10/h2-6,8-9,11,17H,7H2,1H3,(H,15,16). The Hall–Kier alpha value is -1.59. The Bertz CT molecular complexity index is 493. The van der Waals surface area contributed by atoms with Crippen molar-refractivity contribution in [2.75, 3.05) is 18.1 Å². The second-order valence-corrected chi connectivity index (χ2v) is 4.58. The van der Waals surface area contributed by atoms with E-state index in [-0.39, 0.29) is 0 Å². The molecule has 5 heteroatoms. The van der Waals surface area contributed by atoms with Crippen LogP contribution in [0.15, 0.2) is 47.8 Å². The highest BCUT2D eigenvalue weighted by molar-refractivity contribution is 7.98. The maximum atomic E-state index is 9.99. The summed E-state index contributed by atoms with van der Waals surface area (Å²) in [6, 6.07) is 9.54. The highest BCUT2D eigenvalue weighted by Crippen LogP contribution is 2.15. The molecule has 0 spiro atoms. The zero-order valence-electron chi connectivity index (χ0n) is 10.1. The Kier molecular flexibility index (Phi) is 4.55. The Balaban J connectivity index is 1.95. The summed E-state index contributed by atoms with van der Waals surface area (Å²) in [6.07, 6.45) is 4.76. The number of hydrogen-bond acceptors (Lipinski definition) is 5. The van der Waals surface area contributed by atoms with Crippen LogP contribution in [0.3, 0.4) is 0 Å². The molecule has 0 bridgehead atoms. The van der Waals surface area contributed by atoms with Crippen LogP contribution in [0.4, 0.5) is 5.82 Å². The van der Waals surface area contributed by atoms with E-state index in [1.165, 1.54) is 11.8 Å². The molecule has 2 rings (SSSR count). The predicted molar refractivity (Wildman–Crippen MR) is 73.7 cm³/mol. The second-order valence-electron chi connectivity index (χ2n) is 3.75. The number of benzene rings is 1. The van der Waals surface area contributed by atoms with Gasteiger partial charge < -0.3 is 10.4 Å². The van der Waals surface area contributed by atoms with Crippen molar-refractivity contribution in [1.82, 2.24) is 9.97 Å². The molecule has 0 fully saturated rings. The van der Waals surface area contributed by atoms with E-state index in [4.69, 9.17) is 0 Å². The van der Waals surface area contributed by atoms with Gasteiger partial charge in [-0.3, -0.25) is 4.98 Å². The molecule has 1 aromatic heterocycles. The van der Waals surface area contributed by atoms with Crippen molar-refractivity contribution in [3.05, 3.63) is 48.3 Å². The minimum Gasteiger partial charge on any atom is -0.387 e. The first-order valence-corrected chi connectivity index (χ1v) is 6.85. The molecule has 4 nitrogen and oxygen atoms in total. The van der Waals surface area contributed by atoms with Gasteiger partial charge in [-0.15, -0.1) is 11.8 Å². The van der Waals surface area contributed by atoms with E-state index in [0.29, 0.717) is 12.4 Å². The lowest BCUT2D eigenvalue weighted by Gasteiger charge is -2.12. The van der Waals surface area contributed by atoms with Crippen LogP contribution < -0.4 is 5.32 Å². The van der Waals surface area contributed by atoms with Crippen LogP contribution in [0.5, 0.6) is 0 Å². The molecule has 0 aliphatic heterocycles. The van der Waals surface area contributed by atoms with Crippen molar-refractivity contribution in [2.24, 2.45) is 0 Å². The van der Waals surface area contributed by atoms with Gasteiger partial charge in [0, 0.05) is 6.54 Å². The van der Waals surface area contributed by atoms with Crippen molar-refractivity contribution >= 4 is 17.6 Å². The second kappa shape index (κ2) is 6.37. The molecule has 0 aliphatic carbocycles. The highest BCUT2D eigenvalue weighted by Gasteiger charge is 2.06. The van der Waals surface area contributed by atoms with Crippen molar-refractivity contribution in [1.29, 1.82) is 0 Å². The molecule has 1 unspecified atom stereocenters. The lowest BCUT2D eigenvalue weighted by Crippen LogP contribution is -2.13. The van der Waals surface area contributed by atoms with Gasteiger partial charge in [-0.1, -0.05) is 30.3 Å². The Morgan fingerprint density at radius 2 is 2.06 bits per heavy atom. The van der Waals surface area contributed by atoms with Gasteiger partial charge in [0.15, 0.2) is 0 Å². The summed E-state index contributed by atoms with van der Waals surface area (Å²) in [5, 5.41) is 13.9. The molecule has 1 atom stereocenters. The maximum absolute atomic E-state index is 9.99. The van der Waals surface area contributed by atoms with Gasteiger partial charge in [-0.25, -0.2) is 4.98 Å². The molecule has 0 saturated heterocycles. The largest absolute Gasteiger partial charge is 0.387 e. The average Bonchev–Trinajstić information content (AvgIpc) is 2.46. The van der Waals surface area contributed by atoms with Gasteiger partial charge in [0.2, 0.25) is 0 Å². The number of nitrogens with zero attached hydrogens (tertiary/aromatic N) is 2.